The summed E-state index contributed by atoms with van der Waals surface area (Å²) in [6.45, 7) is 4.23. The predicted molar refractivity (Wildman–Crippen MR) is 81.4 cm³/mol. The molecule has 0 N–H and O–H groups in total. The van der Waals surface area contributed by atoms with Crippen molar-refractivity contribution in [1.29, 1.82) is 0 Å². The SMILES string of the molecule is CSc1ccc(C=Nc2ccc(C)c(C)c2)cc1. The zero-order chi connectivity index (χ0) is 13.0. The van der Waals surface area contributed by atoms with Crippen molar-refractivity contribution in [3.63, 3.8) is 0 Å². The van der Waals surface area contributed by atoms with E-state index < -0.39 is 0 Å². The zero-order valence-electron chi connectivity index (χ0n) is 11.0. The van der Waals surface area contributed by atoms with E-state index in [2.05, 4.69) is 67.6 Å². The molecule has 0 atom stereocenters. The van der Waals surface area contributed by atoms with Gasteiger partial charge in [0.25, 0.3) is 0 Å². The molecule has 0 spiro atoms. The number of hydrogen-bond acceptors (Lipinski definition) is 2. The Hall–Kier alpha value is -1.54. The summed E-state index contributed by atoms with van der Waals surface area (Å²) < 4.78 is 0. The van der Waals surface area contributed by atoms with Crippen LogP contribution < -0.4 is 0 Å². The minimum absolute atomic E-state index is 1.01. The third kappa shape index (κ3) is 3.23. The van der Waals surface area contributed by atoms with E-state index in [0.29, 0.717) is 0 Å². The summed E-state index contributed by atoms with van der Waals surface area (Å²) in [6, 6.07) is 14.7. The van der Waals surface area contributed by atoms with Gasteiger partial charge in [-0.3, -0.25) is 4.99 Å². The Bertz CT molecular complexity index is 556. The molecule has 2 rings (SSSR count). The number of hydrogen-bond donors (Lipinski definition) is 0. The summed E-state index contributed by atoms with van der Waals surface area (Å²) in [4.78, 5) is 5.78. The minimum Gasteiger partial charge on any atom is -0.256 e. The lowest BCUT2D eigenvalue weighted by Crippen LogP contribution is -1.82. The highest BCUT2D eigenvalue weighted by molar-refractivity contribution is 7.98. The van der Waals surface area contributed by atoms with Gasteiger partial charge in [0, 0.05) is 11.1 Å². The Labute approximate surface area is 113 Å². The Morgan fingerprint density at radius 2 is 1.67 bits per heavy atom. The summed E-state index contributed by atoms with van der Waals surface area (Å²) in [5.41, 5.74) is 4.72. The predicted octanol–water partition coefficient (Wildman–Crippen LogP) is 4.78. The Kier molecular flexibility index (Phi) is 4.21. The first kappa shape index (κ1) is 12.9. The second kappa shape index (κ2) is 5.87. The van der Waals surface area contributed by atoms with Gasteiger partial charge in [-0.25, -0.2) is 0 Å². The van der Waals surface area contributed by atoms with Crippen molar-refractivity contribution >= 4 is 23.7 Å². The summed E-state index contributed by atoms with van der Waals surface area (Å²) in [5, 5.41) is 0. The lowest BCUT2D eigenvalue weighted by Gasteiger charge is -2.00. The minimum atomic E-state index is 1.01. The molecular formula is C16H17NS. The van der Waals surface area contributed by atoms with Crippen LogP contribution in [0.3, 0.4) is 0 Å². The fourth-order valence-corrected chi connectivity index (χ4v) is 2.05. The molecular weight excluding hydrogens is 238 g/mol. The highest BCUT2D eigenvalue weighted by Gasteiger charge is 1.94. The van der Waals surface area contributed by atoms with Crippen molar-refractivity contribution in [3.8, 4) is 0 Å². The molecule has 18 heavy (non-hydrogen) atoms. The molecule has 0 aliphatic carbocycles. The van der Waals surface area contributed by atoms with Gasteiger partial charge in [-0.05, 0) is 61.1 Å². The average Bonchev–Trinajstić information content (AvgIpc) is 2.41. The van der Waals surface area contributed by atoms with Crippen molar-refractivity contribution < 1.29 is 0 Å². The molecule has 2 aromatic rings. The number of thioether (sulfide) groups is 1. The van der Waals surface area contributed by atoms with E-state index in [9.17, 15) is 0 Å². The van der Waals surface area contributed by atoms with Gasteiger partial charge >= 0.3 is 0 Å². The molecule has 0 aliphatic rings. The number of aryl methyl sites for hydroxylation is 2. The molecule has 0 amide bonds. The van der Waals surface area contributed by atoms with Gasteiger partial charge in [-0.15, -0.1) is 11.8 Å². The fourth-order valence-electron chi connectivity index (χ4n) is 1.64. The van der Waals surface area contributed by atoms with Crippen molar-refractivity contribution in [2.45, 2.75) is 18.7 Å². The maximum Gasteiger partial charge on any atom is 0.0632 e. The number of aliphatic imine (C=N–C) groups is 1. The van der Waals surface area contributed by atoms with Crippen LogP contribution in [-0.2, 0) is 0 Å². The topological polar surface area (TPSA) is 12.4 Å². The standard InChI is InChI=1S/C16H17NS/c1-12-4-7-15(10-13(12)2)17-11-14-5-8-16(18-3)9-6-14/h4-11H,1-3H3. The maximum absolute atomic E-state index is 4.50. The Morgan fingerprint density at radius 3 is 2.28 bits per heavy atom. The third-order valence-electron chi connectivity index (χ3n) is 2.97. The first-order valence-electron chi connectivity index (χ1n) is 5.94. The summed E-state index contributed by atoms with van der Waals surface area (Å²) >= 11 is 1.75. The van der Waals surface area contributed by atoms with Crippen LogP contribution in [0.15, 0.2) is 52.4 Å². The molecule has 0 aliphatic heterocycles. The van der Waals surface area contributed by atoms with E-state index in [-0.39, 0.29) is 0 Å². The number of benzene rings is 2. The van der Waals surface area contributed by atoms with E-state index in [1.54, 1.807) is 11.8 Å². The second-order valence-electron chi connectivity index (χ2n) is 4.30. The second-order valence-corrected chi connectivity index (χ2v) is 5.18. The summed E-state index contributed by atoms with van der Waals surface area (Å²) in [6.07, 6.45) is 3.99. The first-order chi connectivity index (χ1) is 8.69. The maximum atomic E-state index is 4.50. The van der Waals surface area contributed by atoms with Gasteiger partial charge in [-0.1, -0.05) is 18.2 Å². The van der Waals surface area contributed by atoms with Crippen molar-refractivity contribution in [2.75, 3.05) is 6.26 Å². The number of nitrogens with zero attached hydrogens (tertiary/aromatic N) is 1. The Balaban J connectivity index is 2.16. The molecule has 92 valence electrons. The van der Waals surface area contributed by atoms with E-state index in [0.717, 1.165) is 11.3 Å². The van der Waals surface area contributed by atoms with Crippen LogP contribution in [0.1, 0.15) is 16.7 Å². The van der Waals surface area contributed by atoms with E-state index in [1.807, 2.05) is 6.21 Å². The van der Waals surface area contributed by atoms with E-state index in [1.165, 1.54) is 16.0 Å². The number of rotatable bonds is 3. The molecule has 0 fully saturated rings. The van der Waals surface area contributed by atoms with Crippen LogP contribution in [0.5, 0.6) is 0 Å². The van der Waals surface area contributed by atoms with Gasteiger partial charge < -0.3 is 0 Å². The van der Waals surface area contributed by atoms with Crippen molar-refractivity contribution in [2.24, 2.45) is 4.99 Å². The first-order valence-corrected chi connectivity index (χ1v) is 7.17. The van der Waals surface area contributed by atoms with Crippen LogP contribution in [0.25, 0.3) is 0 Å². The van der Waals surface area contributed by atoms with E-state index in [4.69, 9.17) is 0 Å². The fraction of sp³-hybridized carbons (Fsp3) is 0.188. The molecule has 2 aromatic carbocycles. The van der Waals surface area contributed by atoms with E-state index >= 15 is 0 Å². The van der Waals surface area contributed by atoms with Gasteiger partial charge in [0.1, 0.15) is 0 Å². The van der Waals surface area contributed by atoms with Gasteiger partial charge in [0.15, 0.2) is 0 Å². The highest BCUT2D eigenvalue weighted by Crippen LogP contribution is 2.18. The summed E-state index contributed by atoms with van der Waals surface area (Å²) in [7, 11) is 0. The lowest BCUT2D eigenvalue weighted by atomic mass is 10.1. The normalized spacial score (nSPS) is 11.1. The molecule has 0 saturated heterocycles. The van der Waals surface area contributed by atoms with Crippen molar-refractivity contribution in [3.05, 3.63) is 59.2 Å². The molecule has 0 aromatic heterocycles. The highest BCUT2D eigenvalue weighted by atomic mass is 32.2. The molecule has 0 unspecified atom stereocenters. The summed E-state index contributed by atoms with van der Waals surface area (Å²) in [5.74, 6) is 0. The molecule has 0 bridgehead atoms. The molecule has 0 saturated carbocycles. The monoisotopic (exact) mass is 255 g/mol. The smallest absolute Gasteiger partial charge is 0.0632 e. The molecule has 2 heteroatoms. The van der Waals surface area contributed by atoms with Gasteiger partial charge in [0.05, 0.1) is 5.69 Å². The van der Waals surface area contributed by atoms with Crippen molar-refractivity contribution in [1.82, 2.24) is 0 Å². The average molecular weight is 255 g/mol. The van der Waals surface area contributed by atoms with Crippen LogP contribution in [-0.4, -0.2) is 12.5 Å². The van der Waals surface area contributed by atoms with Gasteiger partial charge in [0.2, 0.25) is 0 Å². The van der Waals surface area contributed by atoms with Crippen LogP contribution in [0.2, 0.25) is 0 Å². The van der Waals surface area contributed by atoms with Crippen LogP contribution in [0.4, 0.5) is 5.69 Å². The zero-order valence-corrected chi connectivity index (χ0v) is 11.8. The van der Waals surface area contributed by atoms with Crippen LogP contribution in [0, 0.1) is 13.8 Å². The molecule has 0 heterocycles. The lowest BCUT2D eigenvalue weighted by molar-refractivity contribution is 1.33. The van der Waals surface area contributed by atoms with Crippen LogP contribution >= 0.6 is 11.8 Å². The largest absolute Gasteiger partial charge is 0.256 e. The quantitative estimate of drug-likeness (QED) is 0.568. The van der Waals surface area contributed by atoms with Gasteiger partial charge in [-0.2, -0.15) is 0 Å². The molecule has 0 radical (unpaired) electrons. The Morgan fingerprint density at radius 1 is 0.944 bits per heavy atom. The third-order valence-corrected chi connectivity index (χ3v) is 3.71. The molecule has 1 nitrogen and oxygen atoms in total.